The van der Waals surface area contributed by atoms with Gasteiger partial charge in [0.15, 0.2) is 0 Å². The third kappa shape index (κ3) is 7.47. The highest BCUT2D eigenvalue weighted by molar-refractivity contribution is 7.97. The van der Waals surface area contributed by atoms with Gasteiger partial charge in [-0.1, -0.05) is 24.3 Å². The van der Waals surface area contributed by atoms with Gasteiger partial charge in [0.2, 0.25) is 0 Å². The van der Waals surface area contributed by atoms with Crippen molar-refractivity contribution in [2.75, 3.05) is 12.5 Å². The van der Waals surface area contributed by atoms with E-state index in [1.807, 2.05) is 31.4 Å². The monoisotopic (exact) mass is 508 g/mol. The number of aromatic nitrogens is 2. The number of benzene rings is 1. The van der Waals surface area contributed by atoms with Crippen molar-refractivity contribution in [2.24, 2.45) is 0 Å². The molecule has 0 bridgehead atoms. The summed E-state index contributed by atoms with van der Waals surface area (Å²) in [7, 11) is 1.99. The van der Waals surface area contributed by atoms with E-state index >= 15 is 0 Å². The predicted octanol–water partition coefficient (Wildman–Crippen LogP) is 5.58. The Hall–Kier alpha value is -2.53. The number of anilines is 1. The van der Waals surface area contributed by atoms with Gasteiger partial charge in [0.05, 0.1) is 10.6 Å². The van der Waals surface area contributed by atoms with Crippen molar-refractivity contribution >= 4 is 34.5 Å². The van der Waals surface area contributed by atoms with Crippen molar-refractivity contribution in [1.29, 1.82) is 0 Å². The molecule has 2 aromatic heterocycles. The first kappa shape index (κ1) is 25.6. The van der Waals surface area contributed by atoms with E-state index in [2.05, 4.69) is 77.1 Å². The lowest BCUT2D eigenvalue weighted by atomic mass is 10.0. The highest BCUT2D eigenvalue weighted by atomic mass is 32.2. The zero-order valence-electron chi connectivity index (χ0n) is 20.5. The molecule has 1 aliphatic rings. The first-order valence-electron chi connectivity index (χ1n) is 11.5. The second-order valence-electron chi connectivity index (χ2n) is 9.22. The van der Waals surface area contributed by atoms with Gasteiger partial charge in [0, 0.05) is 52.7 Å². The molecule has 35 heavy (non-hydrogen) atoms. The summed E-state index contributed by atoms with van der Waals surface area (Å²) in [4.78, 5) is 16.5. The molecule has 1 aromatic carbocycles. The fourth-order valence-electron chi connectivity index (χ4n) is 3.32. The first-order valence-corrected chi connectivity index (χ1v) is 13.2. The summed E-state index contributed by atoms with van der Waals surface area (Å²) in [5, 5.41) is 4.33. The smallest absolute Gasteiger partial charge is 0.123 e. The number of thiazole rings is 1. The molecular formula is C26H32N6OS2. The number of rotatable bonds is 10. The Kier molecular flexibility index (Phi) is 8.72. The highest BCUT2D eigenvalue weighted by Gasteiger charge is 2.16. The van der Waals surface area contributed by atoms with Crippen LogP contribution in [0.3, 0.4) is 0 Å². The van der Waals surface area contributed by atoms with Gasteiger partial charge in [-0.05, 0) is 76.0 Å². The predicted molar refractivity (Wildman–Crippen MR) is 147 cm³/mol. The van der Waals surface area contributed by atoms with Crippen molar-refractivity contribution < 1.29 is 4.94 Å². The molecule has 1 atom stereocenters. The van der Waals surface area contributed by atoms with Crippen LogP contribution >= 0.6 is 23.3 Å². The van der Waals surface area contributed by atoms with Crippen LogP contribution < -0.4 is 21.0 Å². The highest BCUT2D eigenvalue weighted by Crippen LogP contribution is 2.38. The van der Waals surface area contributed by atoms with Gasteiger partial charge in [-0.15, -0.1) is 11.3 Å². The maximum absolute atomic E-state index is 5.49. The number of allylic oxidation sites excluding steroid dienone is 2. The maximum Gasteiger partial charge on any atom is 0.123 e. The minimum absolute atomic E-state index is 0.0333. The molecule has 0 amide bonds. The molecule has 3 aromatic rings. The lowest BCUT2D eigenvalue weighted by Crippen LogP contribution is -2.29. The Bertz CT molecular complexity index is 1170. The summed E-state index contributed by atoms with van der Waals surface area (Å²) < 4.78 is 3.53. The van der Waals surface area contributed by atoms with E-state index in [0.717, 1.165) is 38.0 Å². The minimum atomic E-state index is -0.0333. The normalized spacial score (nSPS) is 15.8. The number of hydrogen-bond donors (Lipinski definition) is 4. The Balaban J connectivity index is 1.47. The molecular weight excluding hydrogens is 476 g/mol. The lowest BCUT2D eigenvalue weighted by molar-refractivity contribution is 0.0836. The number of hydroxylamine groups is 1. The number of hydrogen-bond acceptors (Lipinski definition) is 9. The molecule has 0 fully saturated rings. The molecule has 0 spiro atoms. The van der Waals surface area contributed by atoms with E-state index in [1.54, 1.807) is 35.7 Å². The summed E-state index contributed by atoms with van der Waals surface area (Å²) in [5.74, 6) is 0. The van der Waals surface area contributed by atoms with E-state index in [-0.39, 0.29) is 5.54 Å². The van der Waals surface area contributed by atoms with Crippen molar-refractivity contribution in [3.05, 3.63) is 77.7 Å². The number of nitrogens with zero attached hydrogens (tertiary/aromatic N) is 2. The Morgan fingerprint density at radius 3 is 2.71 bits per heavy atom. The van der Waals surface area contributed by atoms with E-state index in [4.69, 9.17) is 9.92 Å². The molecule has 2 heterocycles. The van der Waals surface area contributed by atoms with Crippen LogP contribution in [-0.4, -0.2) is 28.6 Å². The Morgan fingerprint density at radius 2 is 2.00 bits per heavy atom. The zero-order chi connectivity index (χ0) is 24.7. The van der Waals surface area contributed by atoms with Crippen LogP contribution in [0.1, 0.15) is 37.8 Å². The van der Waals surface area contributed by atoms with Gasteiger partial charge >= 0.3 is 0 Å². The van der Waals surface area contributed by atoms with Crippen LogP contribution in [0.15, 0.2) is 72.0 Å². The standard InChI is InChI=1S/C26H32N6OS2/c1-26(2,3)32-35-23-15-21(31-33-30-16-18-11-13-28-14-12-18)9-10-22(23)24-17-29-25(34-24)19-5-7-20(27-4)8-6-19/h5-7,9-15,17,20,27,30-32H,8,16H2,1-4H3. The molecule has 4 rings (SSSR count). The second kappa shape index (κ2) is 11.9. The lowest BCUT2D eigenvalue weighted by Gasteiger charge is -2.21. The molecule has 1 aliphatic carbocycles. The van der Waals surface area contributed by atoms with Crippen LogP contribution in [0.5, 0.6) is 0 Å². The van der Waals surface area contributed by atoms with E-state index < -0.39 is 0 Å². The van der Waals surface area contributed by atoms with Gasteiger partial charge in [-0.3, -0.25) is 9.71 Å². The molecule has 0 radical (unpaired) electrons. The molecule has 4 N–H and O–H groups in total. The summed E-state index contributed by atoms with van der Waals surface area (Å²) in [6.07, 6.45) is 13.1. The molecule has 184 valence electrons. The second-order valence-corrected chi connectivity index (χ2v) is 11.1. The topological polar surface area (TPSA) is 83.1 Å². The summed E-state index contributed by atoms with van der Waals surface area (Å²) in [6, 6.07) is 10.5. The largest absolute Gasteiger partial charge is 0.313 e. The van der Waals surface area contributed by atoms with Crippen LogP contribution in [0.4, 0.5) is 5.69 Å². The molecule has 1 unspecified atom stereocenters. The van der Waals surface area contributed by atoms with Crippen LogP contribution in [-0.2, 0) is 11.5 Å². The van der Waals surface area contributed by atoms with E-state index in [1.165, 1.54) is 5.57 Å². The summed E-state index contributed by atoms with van der Waals surface area (Å²) >= 11 is 3.33. The Morgan fingerprint density at radius 1 is 1.17 bits per heavy atom. The SMILES string of the molecule is CNC1C=CC(c2ncc(-c3ccc(NONCc4ccncc4)cc3SNC(C)(C)C)s2)=CC1. The van der Waals surface area contributed by atoms with E-state index in [0.29, 0.717) is 12.6 Å². The quantitative estimate of drug-likeness (QED) is 0.161. The third-order valence-electron chi connectivity index (χ3n) is 5.20. The molecule has 0 saturated carbocycles. The number of nitrogens with one attached hydrogen (secondary N) is 4. The van der Waals surface area contributed by atoms with Crippen molar-refractivity contribution in [1.82, 2.24) is 25.5 Å². The van der Waals surface area contributed by atoms with Gasteiger partial charge in [-0.25, -0.2) is 10.5 Å². The van der Waals surface area contributed by atoms with Gasteiger partial charge in [0.1, 0.15) is 5.01 Å². The fraction of sp³-hybridized carbons (Fsp3) is 0.308. The van der Waals surface area contributed by atoms with Crippen molar-refractivity contribution in [3.63, 3.8) is 0 Å². The molecule has 7 nitrogen and oxygen atoms in total. The molecule has 0 saturated heterocycles. The third-order valence-corrected chi connectivity index (χ3v) is 7.56. The average Bonchev–Trinajstić information content (AvgIpc) is 3.36. The maximum atomic E-state index is 5.49. The van der Waals surface area contributed by atoms with Crippen molar-refractivity contribution in [3.8, 4) is 10.4 Å². The van der Waals surface area contributed by atoms with Gasteiger partial charge in [-0.2, -0.15) is 10.4 Å². The van der Waals surface area contributed by atoms with Crippen LogP contribution in [0.2, 0.25) is 0 Å². The zero-order valence-corrected chi connectivity index (χ0v) is 22.1. The summed E-state index contributed by atoms with van der Waals surface area (Å²) in [6.45, 7) is 7.03. The molecule has 9 heteroatoms. The molecule has 0 aliphatic heterocycles. The average molecular weight is 509 g/mol. The Labute approximate surface area is 215 Å². The number of pyridine rings is 1. The van der Waals surface area contributed by atoms with Crippen LogP contribution in [0, 0.1) is 0 Å². The fourth-order valence-corrected chi connectivity index (χ4v) is 5.25. The van der Waals surface area contributed by atoms with Crippen molar-refractivity contribution in [2.45, 2.75) is 50.2 Å². The van der Waals surface area contributed by atoms with Gasteiger partial charge in [0.25, 0.3) is 0 Å². The summed E-state index contributed by atoms with van der Waals surface area (Å²) in [5.41, 5.74) is 10.2. The first-order chi connectivity index (χ1) is 16.9. The van der Waals surface area contributed by atoms with E-state index in [9.17, 15) is 0 Å². The van der Waals surface area contributed by atoms with Crippen LogP contribution in [0.25, 0.3) is 16.0 Å². The van der Waals surface area contributed by atoms with Gasteiger partial charge < -0.3 is 5.32 Å². The minimum Gasteiger partial charge on any atom is -0.313 e. The number of likely N-dealkylation sites (N-methyl/N-ethyl adjacent to an activating group) is 1.